The number of methoxy groups -OCH3 is 1. The molecule has 0 bridgehead atoms. The van der Waals surface area contributed by atoms with Crippen LogP contribution in [-0.2, 0) is 17.6 Å². The third-order valence-electron chi connectivity index (χ3n) is 5.37. The van der Waals surface area contributed by atoms with Crippen molar-refractivity contribution in [1.29, 1.82) is 0 Å². The van der Waals surface area contributed by atoms with Gasteiger partial charge in [0.2, 0.25) is 0 Å². The minimum Gasteiger partial charge on any atom is -0.381 e. The molecule has 0 radical (unpaired) electrons. The molecule has 2 aliphatic carbocycles. The summed E-state index contributed by atoms with van der Waals surface area (Å²) in [5.74, 6) is 0. The van der Waals surface area contributed by atoms with Crippen molar-refractivity contribution >= 4 is 0 Å². The third-order valence-corrected chi connectivity index (χ3v) is 5.37. The van der Waals surface area contributed by atoms with Crippen LogP contribution >= 0.6 is 0 Å². The van der Waals surface area contributed by atoms with E-state index in [1.54, 1.807) is 11.1 Å². The van der Waals surface area contributed by atoms with Crippen LogP contribution in [0.15, 0.2) is 18.2 Å². The van der Waals surface area contributed by atoms with Crippen molar-refractivity contribution in [1.82, 2.24) is 5.32 Å². The van der Waals surface area contributed by atoms with Crippen molar-refractivity contribution in [3.05, 3.63) is 34.9 Å². The molecule has 3 rings (SSSR count). The van der Waals surface area contributed by atoms with Gasteiger partial charge in [-0.3, -0.25) is 0 Å². The molecule has 0 aromatic heterocycles. The lowest BCUT2D eigenvalue weighted by molar-refractivity contribution is 0.0614. The van der Waals surface area contributed by atoms with Crippen LogP contribution in [0.4, 0.5) is 0 Å². The summed E-state index contributed by atoms with van der Waals surface area (Å²) in [6, 6.07) is 8.27. The zero-order valence-electron chi connectivity index (χ0n) is 13.5. The second-order valence-corrected chi connectivity index (χ2v) is 6.83. The Morgan fingerprint density at radius 2 is 1.76 bits per heavy atom. The van der Waals surface area contributed by atoms with E-state index in [-0.39, 0.29) is 0 Å². The molecule has 0 amide bonds. The molecule has 2 heteroatoms. The molecule has 0 spiro atoms. The minimum atomic E-state index is 0.460. The highest BCUT2D eigenvalue weighted by Crippen LogP contribution is 2.27. The van der Waals surface area contributed by atoms with E-state index in [4.69, 9.17) is 4.74 Å². The lowest BCUT2D eigenvalue weighted by Gasteiger charge is -2.31. The van der Waals surface area contributed by atoms with Crippen molar-refractivity contribution in [3.8, 4) is 0 Å². The standard InChI is InChI=1S/C19H29NO/c1-14(20-18-9-11-19(21-2)12-10-18)16-8-7-15-5-3-4-6-17(15)13-16/h7-8,13-14,18-20H,3-6,9-12H2,1-2H3. The molecule has 1 fully saturated rings. The van der Waals surface area contributed by atoms with Crippen LogP contribution in [0.25, 0.3) is 0 Å². The number of nitrogens with one attached hydrogen (secondary N) is 1. The van der Waals surface area contributed by atoms with Gasteiger partial charge in [-0.1, -0.05) is 18.2 Å². The van der Waals surface area contributed by atoms with Gasteiger partial charge in [-0.15, -0.1) is 0 Å². The van der Waals surface area contributed by atoms with Gasteiger partial charge in [0.05, 0.1) is 6.10 Å². The van der Waals surface area contributed by atoms with E-state index in [9.17, 15) is 0 Å². The summed E-state index contributed by atoms with van der Waals surface area (Å²) in [5, 5.41) is 3.83. The molecule has 2 aliphatic rings. The van der Waals surface area contributed by atoms with Gasteiger partial charge >= 0.3 is 0 Å². The summed E-state index contributed by atoms with van der Waals surface area (Å²) in [6.07, 6.45) is 10.6. The highest BCUT2D eigenvalue weighted by molar-refractivity contribution is 5.35. The first-order valence-corrected chi connectivity index (χ1v) is 8.67. The Labute approximate surface area is 129 Å². The maximum absolute atomic E-state index is 5.46. The Hall–Kier alpha value is -0.860. The van der Waals surface area contributed by atoms with Gasteiger partial charge in [0, 0.05) is 19.2 Å². The molecule has 1 N–H and O–H groups in total. The normalized spacial score (nSPS) is 27.1. The Morgan fingerprint density at radius 1 is 1.05 bits per heavy atom. The number of fused-ring (bicyclic) bond motifs is 1. The summed E-state index contributed by atoms with van der Waals surface area (Å²) >= 11 is 0. The van der Waals surface area contributed by atoms with Crippen LogP contribution in [0.5, 0.6) is 0 Å². The van der Waals surface area contributed by atoms with Crippen LogP contribution in [0.3, 0.4) is 0 Å². The maximum atomic E-state index is 5.46. The predicted molar refractivity (Wildman–Crippen MR) is 87.7 cm³/mol. The highest BCUT2D eigenvalue weighted by atomic mass is 16.5. The molecular weight excluding hydrogens is 258 g/mol. The van der Waals surface area contributed by atoms with Gasteiger partial charge < -0.3 is 10.1 Å². The van der Waals surface area contributed by atoms with E-state index in [0.717, 1.165) is 0 Å². The number of benzene rings is 1. The van der Waals surface area contributed by atoms with E-state index < -0.39 is 0 Å². The minimum absolute atomic E-state index is 0.460. The summed E-state index contributed by atoms with van der Waals surface area (Å²) in [6.45, 7) is 2.31. The van der Waals surface area contributed by atoms with Gasteiger partial charge in [-0.05, 0) is 75.0 Å². The number of rotatable bonds is 4. The summed E-state index contributed by atoms with van der Waals surface area (Å²) < 4.78 is 5.46. The van der Waals surface area contributed by atoms with Crippen LogP contribution in [0.2, 0.25) is 0 Å². The molecule has 0 aliphatic heterocycles. The molecule has 116 valence electrons. The lowest BCUT2D eigenvalue weighted by atomic mass is 9.88. The largest absolute Gasteiger partial charge is 0.381 e. The first-order chi connectivity index (χ1) is 10.3. The van der Waals surface area contributed by atoms with E-state index in [1.807, 2.05) is 7.11 Å². The first kappa shape index (κ1) is 15.1. The first-order valence-electron chi connectivity index (χ1n) is 8.67. The second-order valence-electron chi connectivity index (χ2n) is 6.83. The molecular formula is C19H29NO. The quantitative estimate of drug-likeness (QED) is 0.897. The number of hydrogen-bond acceptors (Lipinski definition) is 2. The molecule has 1 saturated carbocycles. The second kappa shape index (κ2) is 6.93. The Balaban J connectivity index is 1.59. The van der Waals surface area contributed by atoms with Crippen molar-refractivity contribution in [2.75, 3.05) is 7.11 Å². The molecule has 2 nitrogen and oxygen atoms in total. The fraction of sp³-hybridized carbons (Fsp3) is 0.684. The summed E-state index contributed by atoms with van der Waals surface area (Å²) in [4.78, 5) is 0. The lowest BCUT2D eigenvalue weighted by Crippen LogP contribution is -2.36. The van der Waals surface area contributed by atoms with Crippen molar-refractivity contribution in [2.45, 2.75) is 76.5 Å². The van der Waals surface area contributed by atoms with Crippen LogP contribution in [-0.4, -0.2) is 19.3 Å². The number of ether oxygens (including phenoxy) is 1. The van der Waals surface area contributed by atoms with Crippen molar-refractivity contribution in [3.63, 3.8) is 0 Å². The Bertz CT molecular complexity index is 463. The predicted octanol–water partition coefficient (Wildman–Crippen LogP) is 4.17. The van der Waals surface area contributed by atoms with E-state index in [0.29, 0.717) is 18.2 Å². The molecule has 0 heterocycles. The molecule has 1 aromatic rings. The third kappa shape index (κ3) is 3.67. The average Bonchev–Trinajstić information content (AvgIpc) is 2.55. The van der Waals surface area contributed by atoms with E-state index in [1.165, 1.54) is 56.9 Å². The monoisotopic (exact) mass is 287 g/mol. The van der Waals surface area contributed by atoms with Gasteiger partial charge in [-0.25, -0.2) is 0 Å². The van der Waals surface area contributed by atoms with Gasteiger partial charge in [0.15, 0.2) is 0 Å². The average molecular weight is 287 g/mol. The molecule has 21 heavy (non-hydrogen) atoms. The zero-order valence-corrected chi connectivity index (χ0v) is 13.5. The number of hydrogen-bond donors (Lipinski definition) is 1. The van der Waals surface area contributed by atoms with Crippen LogP contribution in [0.1, 0.15) is 68.2 Å². The Kier molecular flexibility index (Phi) is 4.97. The topological polar surface area (TPSA) is 21.3 Å². The van der Waals surface area contributed by atoms with Gasteiger partial charge in [0.25, 0.3) is 0 Å². The summed E-state index contributed by atoms with van der Waals surface area (Å²) in [5.41, 5.74) is 4.64. The van der Waals surface area contributed by atoms with Gasteiger partial charge in [0.1, 0.15) is 0 Å². The fourth-order valence-corrected chi connectivity index (χ4v) is 3.94. The van der Waals surface area contributed by atoms with E-state index >= 15 is 0 Å². The van der Waals surface area contributed by atoms with Crippen LogP contribution < -0.4 is 5.32 Å². The van der Waals surface area contributed by atoms with Gasteiger partial charge in [-0.2, -0.15) is 0 Å². The molecule has 1 aromatic carbocycles. The molecule has 1 unspecified atom stereocenters. The van der Waals surface area contributed by atoms with Crippen LogP contribution in [0, 0.1) is 0 Å². The number of aryl methyl sites for hydroxylation is 2. The zero-order chi connectivity index (χ0) is 14.7. The Morgan fingerprint density at radius 3 is 2.48 bits per heavy atom. The van der Waals surface area contributed by atoms with Crippen molar-refractivity contribution in [2.24, 2.45) is 0 Å². The van der Waals surface area contributed by atoms with Crippen molar-refractivity contribution < 1.29 is 4.74 Å². The molecule has 1 atom stereocenters. The molecule has 0 saturated heterocycles. The maximum Gasteiger partial charge on any atom is 0.0572 e. The summed E-state index contributed by atoms with van der Waals surface area (Å²) in [7, 11) is 1.84. The SMILES string of the molecule is COC1CCC(NC(C)c2ccc3c(c2)CCCC3)CC1. The fourth-order valence-electron chi connectivity index (χ4n) is 3.94. The smallest absolute Gasteiger partial charge is 0.0572 e. The highest BCUT2D eigenvalue weighted by Gasteiger charge is 2.22. The van der Waals surface area contributed by atoms with E-state index in [2.05, 4.69) is 30.4 Å².